The van der Waals surface area contributed by atoms with E-state index in [0.717, 1.165) is 12.3 Å². The molecule has 0 aliphatic heterocycles. The summed E-state index contributed by atoms with van der Waals surface area (Å²) in [6, 6.07) is 0. The van der Waals surface area contributed by atoms with Crippen LogP contribution >= 0.6 is 0 Å². The molecule has 0 saturated carbocycles. The van der Waals surface area contributed by atoms with Crippen molar-refractivity contribution in [3.63, 3.8) is 0 Å². The molecule has 0 amide bonds. The molecule has 0 spiro atoms. The molecule has 0 bridgehead atoms. The zero-order valence-electron chi connectivity index (χ0n) is 11.0. The minimum atomic E-state index is -0.113. The van der Waals surface area contributed by atoms with Gasteiger partial charge in [0.2, 0.25) is 0 Å². The summed E-state index contributed by atoms with van der Waals surface area (Å²) >= 11 is 0. The van der Waals surface area contributed by atoms with Crippen molar-refractivity contribution < 1.29 is 5.11 Å². The highest BCUT2D eigenvalue weighted by atomic mass is 16.3. The molecule has 0 heterocycles. The summed E-state index contributed by atoms with van der Waals surface area (Å²) in [6.07, 6.45) is 11.5. The second-order valence-corrected chi connectivity index (χ2v) is 4.94. The fraction of sp³-hybridized carbons (Fsp3) is 1.00. The molecule has 0 rings (SSSR count). The van der Waals surface area contributed by atoms with Gasteiger partial charge in [0.25, 0.3) is 0 Å². The van der Waals surface area contributed by atoms with Crippen molar-refractivity contribution in [1.82, 2.24) is 0 Å². The molecular formula is C14H30O. The van der Waals surface area contributed by atoms with Gasteiger partial charge in [0.05, 0.1) is 6.10 Å². The maximum Gasteiger partial charge on any atom is 0.0514 e. The van der Waals surface area contributed by atoms with Gasteiger partial charge in [-0.05, 0) is 19.3 Å². The van der Waals surface area contributed by atoms with Crippen LogP contribution in [0.1, 0.15) is 78.6 Å². The highest BCUT2D eigenvalue weighted by Crippen LogP contribution is 2.22. The van der Waals surface area contributed by atoms with E-state index >= 15 is 0 Å². The van der Waals surface area contributed by atoms with Crippen molar-refractivity contribution in [1.29, 1.82) is 0 Å². The van der Waals surface area contributed by atoms with Crippen molar-refractivity contribution >= 4 is 0 Å². The number of hydrogen-bond acceptors (Lipinski definition) is 1. The van der Waals surface area contributed by atoms with Crippen molar-refractivity contribution in [2.24, 2.45) is 5.92 Å². The minimum absolute atomic E-state index is 0.113. The van der Waals surface area contributed by atoms with Gasteiger partial charge in [-0.15, -0.1) is 0 Å². The summed E-state index contributed by atoms with van der Waals surface area (Å²) in [7, 11) is 0. The van der Waals surface area contributed by atoms with E-state index < -0.39 is 0 Å². The van der Waals surface area contributed by atoms with Crippen molar-refractivity contribution in [2.45, 2.75) is 84.7 Å². The topological polar surface area (TPSA) is 20.2 Å². The Morgan fingerprint density at radius 1 is 0.867 bits per heavy atom. The Morgan fingerprint density at radius 3 is 1.67 bits per heavy atom. The monoisotopic (exact) mass is 214 g/mol. The highest BCUT2D eigenvalue weighted by Gasteiger charge is 2.10. The van der Waals surface area contributed by atoms with Crippen LogP contribution < -0.4 is 0 Å². The normalized spacial score (nSPS) is 13.4. The summed E-state index contributed by atoms with van der Waals surface area (Å²) in [5.74, 6) is 0.767. The zero-order valence-corrected chi connectivity index (χ0v) is 11.0. The van der Waals surface area contributed by atoms with Crippen LogP contribution in [-0.4, -0.2) is 11.2 Å². The standard InChI is InChI=1S/C14H30O/c1-4-6-8-10-14(12-13(3)15)11-9-7-5-2/h13-15H,4-12H2,1-3H3. The van der Waals surface area contributed by atoms with Crippen LogP contribution in [0.25, 0.3) is 0 Å². The van der Waals surface area contributed by atoms with Crippen LogP contribution in [0.15, 0.2) is 0 Å². The van der Waals surface area contributed by atoms with Crippen LogP contribution in [0.5, 0.6) is 0 Å². The largest absolute Gasteiger partial charge is 0.393 e. The predicted molar refractivity (Wildman–Crippen MR) is 68.1 cm³/mol. The molecule has 0 aromatic heterocycles. The van der Waals surface area contributed by atoms with E-state index in [4.69, 9.17) is 0 Å². The lowest BCUT2D eigenvalue weighted by Gasteiger charge is -2.18. The van der Waals surface area contributed by atoms with Gasteiger partial charge in [0.15, 0.2) is 0 Å². The van der Waals surface area contributed by atoms with E-state index in [-0.39, 0.29) is 6.10 Å². The van der Waals surface area contributed by atoms with Gasteiger partial charge >= 0.3 is 0 Å². The number of aliphatic hydroxyl groups is 1. The zero-order chi connectivity index (χ0) is 11.5. The lowest BCUT2D eigenvalue weighted by molar-refractivity contribution is 0.152. The molecule has 1 heteroatoms. The second kappa shape index (κ2) is 10.5. The van der Waals surface area contributed by atoms with E-state index in [1.165, 1.54) is 51.4 Å². The predicted octanol–water partition coefficient (Wildman–Crippen LogP) is 4.53. The van der Waals surface area contributed by atoms with Gasteiger partial charge < -0.3 is 5.11 Å². The molecule has 1 nitrogen and oxygen atoms in total. The fourth-order valence-electron chi connectivity index (χ4n) is 2.23. The first-order valence-electron chi connectivity index (χ1n) is 6.88. The average molecular weight is 214 g/mol. The summed E-state index contributed by atoms with van der Waals surface area (Å²) in [6.45, 7) is 6.42. The van der Waals surface area contributed by atoms with Crippen molar-refractivity contribution in [2.75, 3.05) is 0 Å². The molecule has 92 valence electrons. The van der Waals surface area contributed by atoms with Gasteiger partial charge in [0, 0.05) is 0 Å². The molecule has 1 atom stereocenters. The van der Waals surface area contributed by atoms with E-state index in [0.29, 0.717) is 0 Å². The third-order valence-corrected chi connectivity index (χ3v) is 3.11. The molecule has 0 aromatic carbocycles. The Hall–Kier alpha value is -0.0400. The Balaban J connectivity index is 3.63. The van der Waals surface area contributed by atoms with E-state index in [1.54, 1.807) is 0 Å². The van der Waals surface area contributed by atoms with Gasteiger partial charge in [-0.25, -0.2) is 0 Å². The van der Waals surface area contributed by atoms with Crippen LogP contribution in [0.2, 0.25) is 0 Å². The Labute approximate surface area is 96.3 Å². The molecule has 1 unspecified atom stereocenters. The van der Waals surface area contributed by atoms with Crippen LogP contribution in [0.3, 0.4) is 0 Å². The summed E-state index contributed by atoms with van der Waals surface area (Å²) < 4.78 is 0. The van der Waals surface area contributed by atoms with Crippen LogP contribution in [-0.2, 0) is 0 Å². The SMILES string of the molecule is CCCCCC(CCCCC)CC(C)O. The maximum absolute atomic E-state index is 9.44. The lowest BCUT2D eigenvalue weighted by Crippen LogP contribution is -2.10. The molecule has 0 radical (unpaired) electrons. The molecule has 0 aliphatic rings. The second-order valence-electron chi connectivity index (χ2n) is 4.94. The number of rotatable bonds is 10. The quantitative estimate of drug-likeness (QED) is 0.530. The number of unbranched alkanes of at least 4 members (excludes halogenated alkanes) is 4. The number of aliphatic hydroxyl groups excluding tert-OH is 1. The van der Waals surface area contributed by atoms with E-state index in [2.05, 4.69) is 13.8 Å². The summed E-state index contributed by atoms with van der Waals surface area (Å²) in [5.41, 5.74) is 0. The lowest BCUT2D eigenvalue weighted by atomic mass is 9.90. The van der Waals surface area contributed by atoms with Crippen molar-refractivity contribution in [3.05, 3.63) is 0 Å². The summed E-state index contributed by atoms with van der Waals surface area (Å²) in [4.78, 5) is 0. The molecule has 0 fully saturated rings. The third kappa shape index (κ3) is 10.2. The number of hydrogen-bond donors (Lipinski definition) is 1. The Kier molecular flexibility index (Phi) is 10.4. The van der Waals surface area contributed by atoms with Gasteiger partial charge in [0.1, 0.15) is 0 Å². The molecular weight excluding hydrogens is 184 g/mol. The molecule has 15 heavy (non-hydrogen) atoms. The smallest absolute Gasteiger partial charge is 0.0514 e. The van der Waals surface area contributed by atoms with Crippen LogP contribution in [0, 0.1) is 5.92 Å². The Bertz CT molecular complexity index is 111. The maximum atomic E-state index is 9.44. The van der Waals surface area contributed by atoms with E-state index in [9.17, 15) is 5.11 Å². The van der Waals surface area contributed by atoms with Crippen LogP contribution in [0.4, 0.5) is 0 Å². The van der Waals surface area contributed by atoms with Crippen molar-refractivity contribution in [3.8, 4) is 0 Å². The highest BCUT2D eigenvalue weighted by molar-refractivity contribution is 4.63. The molecule has 0 saturated heterocycles. The van der Waals surface area contributed by atoms with Gasteiger partial charge in [-0.3, -0.25) is 0 Å². The van der Waals surface area contributed by atoms with E-state index in [1.807, 2.05) is 6.92 Å². The Morgan fingerprint density at radius 2 is 1.33 bits per heavy atom. The molecule has 1 N–H and O–H groups in total. The summed E-state index contributed by atoms with van der Waals surface area (Å²) in [5, 5.41) is 9.44. The van der Waals surface area contributed by atoms with Gasteiger partial charge in [-0.2, -0.15) is 0 Å². The first kappa shape index (κ1) is 15.0. The third-order valence-electron chi connectivity index (χ3n) is 3.11. The fourth-order valence-corrected chi connectivity index (χ4v) is 2.23. The first-order chi connectivity index (χ1) is 7.20. The molecule has 0 aromatic rings. The minimum Gasteiger partial charge on any atom is -0.393 e. The first-order valence-corrected chi connectivity index (χ1v) is 6.88. The molecule has 0 aliphatic carbocycles. The average Bonchev–Trinajstić information content (AvgIpc) is 2.17. The van der Waals surface area contributed by atoms with Gasteiger partial charge in [-0.1, -0.05) is 65.2 Å².